The van der Waals surface area contributed by atoms with Gasteiger partial charge in [0, 0.05) is 31.2 Å². The zero-order valence-corrected chi connectivity index (χ0v) is 12.7. The highest BCUT2D eigenvalue weighted by molar-refractivity contribution is 5.16. The molecule has 2 nitrogen and oxygen atoms in total. The number of benzene rings is 1. The van der Waals surface area contributed by atoms with Crippen molar-refractivity contribution in [2.75, 3.05) is 19.6 Å². The molecular weight excluding hydrogens is 232 g/mol. The fourth-order valence-electron chi connectivity index (χ4n) is 3.05. The molecule has 0 aliphatic carbocycles. The second kappa shape index (κ2) is 6.53. The van der Waals surface area contributed by atoms with Gasteiger partial charge in [0.05, 0.1) is 0 Å². The van der Waals surface area contributed by atoms with Crippen molar-refractivity contribution in [2.24, 2.45) is 0 Å². The van der Waals surface area contributed by atoms with Crippen molar-refractivity contribution in [3.05, 3.63) is 35.9 Å². The Morgan fingerprint density at radius 3 is 2.53 bits per heavy atom. The summed E-state index contributed by atoms with van der Waals surface area (Å²) in [5, 5.41) is 3.68. The van der Waals surface area contributed by atoms with Crippen molar-refractivity contribution in [3.63, 3.8) is 0 Å². The number of nitrogens with zero attached hydrogens (tertiary/aromatic N) is 1. The summed E-state index contributed by atoms with van der Waals surface area (Å²) in [7, 11) is 0. The summed E-state index contributed by atoms with van der Waals surface area (Å²) < 4.78 is 0. The van der Waals surface area contributed by atoms with Crippen LogP contribution in [0.2, 0.25) is 0 Å². The van der Waals surface area contributed by atoms with Gasteiger partial charge >= 0.3 is 0 Å². The summed E-state index contributed by atoms with van der Waals surface area (Å²) in [6.45, 7) is 10.5. The molecule has 1 aliphatic rings. The van der Waals surface area contributed by atoms with Crippen molar-refractivity contribution in [2.45, 2.75) is 51.6 Å². The standard InChI is InChI=1S/C17H28N2/c1-4-17(3,5-2)19-12-11-18-16(14-19)13-15-9-7-6-8-10-15/h6-10,16,18H,4-5,11-14H2,1-3H3. The van der Waals surface area contributed by atoms with Crippen molar-refractivity contribution < 1.29 is 0 Å². The van der Waals surface area contributed by atoms with Gasteiger partial charge in [-0.3, -0.25) is 4.90 Å². The highest BCUT2D eigenvalue weighted by Crippen LogP contribution is 2.25. The van der Waals surface area contributed by atoms with E-state index in [1.807, 2.05) is 0 Å². The first kappa shape index (κ1) is 14.5. The van der Waals surface area contributed by atoms with Crippen LogP contribution in [0.15, 0.2) is 30.3 Å². The molecule has 2 rings (SSSR count). The molecule has 19 heavy (non-hydrogen) atoms. The van der Waals surface area contributed by atoms with E-state index in [1.54, 1.807) is 0 Å². The quantitative estimate of drug-likeness (QED) is 0.875. The summed E-state index contributed by atoms with van der Waals surface area (Å²) in [5.41, 5.74) is 1.81. The van der Waals surface area contributed by atoms with Crippen LogP contribution >= 0.6 is 0 Å². The van der Waals surface area contributed by atoms with E-state index in [2.05, 4.69) is 61.3 Å². The molecule has 1 fully saturated rings. The van der Waals surface area contributed by atoms with Crippen molar-refractivity contribution in [1.82, 2.24) is 10.2 Å². The Kier molecular flexibility index (Phi) is 5.00. The Bertz CT molecular complexity index is 370. The fraction of sp³-hybridized carbons (Fsp3) is 0.647. The monoisotopic (exact) mass is 260 g/mol. The number of hydrogen-bond acceptors (Lipinski definition) is 2. The molecule has 1 aromatic rings. The van der Waals surface area contributed by atoms with Crippen LogP contribution in [0.5, 0.6) is 0 Å². The summed E-state index contributed by atoms with van der Waals surface area (Å²) in [5.74, 6) is 0. The van der Waals surface area contributed by atoms with Crippen LogP contribution in [0.1, 0.15) is 39.2 Å². The van der Waals surface area contributed by atoms with Gasteiger partial charge in [-0.05, 0) is 31.7 Å². The highest BCUT2D eigenvalue weighted by atomic mass is 15.2. The van der Waals surface area contributed by atoms with Gasteiger partial charge in [-0.25, -0.2) is 0 Å². The molecular formula is C17H28N2. The van der Waals surface area contributed by atoms with Gasteiger partial charge in [0.15, 0.2) is 0 Å². The van der Waals surface area contributed by atoms with Gasteiger partial charge in [-0.2, -0.15) is 0 Å². The second-order valence-electron chi connectivity index (χ2n) is 5.99. The molecule has 0 radical (unpaired) electrons. The molecule has 1 saturated heterocycles. The average molecular weight is 260 g/mol. The summed E-state index contributed by atoms with van der Waals surface area (Å²) in [6, 6.07) is 11.4. The molecule has 0 bridgehead atoms. The molecule has 1 unspecified atom stereocenters. The minimum absolute atomic E-state index is 0.372. The summed E-state index contributed by atoms with van der Waals surface area (Å²) in [6.07, 6.45) is 3.62. The van der Waals surface area contributed by atoms with Crippen LogP contribution in [0.3, 0.4) is 0 Å². The first-order valence-corrected chi connectivity index (χ1v) is 7.70. The molecule has 2 heteroatoms. The zero-order valence-electron chi connectivity index (χ0n) is 12.7. The van der Waals surface area contributed by atoms with Crippen LogP contribution in [0, 0.1) is 0 Å². The number of nitrogens with one attached hydrogen (secondary N) is 1. The first-order chi connectivity index (χ1) is 9.18. The minimum atomic E-state index is 0.372. The first-order valence-electron chi connectivity index (χ1n) is 7.70. The lowest BCUT2D eigenvalue weighted by Crippen LogP contribution is -2.58. The van der Waals surface area contributed by atoms with E-state index in [0.29, 0.717) is 11.6 Å². The third kappa shape index (κ3) is 3.58. The summed E-state index contributed by atoms with van der Waals surface area (Å²) in [4.78, 5) is 2.69. The van der Waals surface area contributed by atoms with Gasteiger partial charge in [0.2, 0.25) is 0 Å². The second-order valence-corrected chi connectivity index (χ2v) is 5.99. The molecule has 0 spiro atoms. The molecule has 1 aromatic carbocycles. The van der Waals surface area contributed by atoms with E-state index < -0.39 is 0 Å². The molecule has 1 atom stereocenters. The van der Waals surface area contributed by atoms with Crippen LogP contribution in [0.25, 0.3) is 0 Å². The molecule has 0 amide bonds. The van der Waals surface area contributed by atoms with Gasteiger partial charge in [-0.1, -0.05) is 44.2 Å². The third-order valence-electron chi connectivity index (χ3n) is 4.87. The lowest BCUT2D eigenvalue weighted by Gasteiger charge is -2.45. The maximum Gasteiger partial charge on any atom is 0.0236 e. The van der Waals surface area contributed by atoms with E-state index in [4.69, 9.17) is 0 Å². The van der Waals surface area contributed by atoms with Crippen molar-refractivity contribution in [3.8, 4) is 0 Å². The van der Waals surface area contributed by atoms with Crippen molar-refractivity contribution in [1.29, 1.82) is 0 Å². The SMILES string of the molecule is CCC(C)(CC)N1CCNC(Cc2ccccc2)C1. The minimum Gasteiger partial charge on any atom is -0.311 e. The van der Waals surface area contributed by atoms with Crippen LogP contribution in [-0.2, 0) is 6.42 Å². The van der Waals surface area contributed by atoms with Crippen LogP contribution in [-0.4, -0.2) is 36.1 Å². The predicted molar refractivity (Wildman–Crippen MR) is 82.5 cm³/mol. The Labute approximate surface area is 118 Å². The molecule has 0 saturated carbocycles. The lowest BCUT2D eigenvalue weighted by atomic mass is 9.91. The number of piperazine rings is 1. The normalized spacial score (nSPS) is 21.5. The zero-order chi connectivity index (χ0) is 13.7. The maximum atomic E-state index is 3.68. The molecule has 1 aliphatic heterocycles. The average Bonchev–Trinajstić information content (AvgIpc) is 2.48. The Morgan fingerprint density at radius 1 is 1.21 bits per heavy atom. The van der Waals surface area contributed by atoms with Gasteiger partial charge in [-0.15, -0.1) is 0 Å². The lowest BCUT2D eigenvalue weighted by molar-refractivity contribution is 0.0621. The van der Waals surface area contributed by atoms with Crippen LogP contribution < -0.4 is 5.32 Å². The van der Waals surface area contributed by atoms with Crippen LogP contribution in [0.4, 0.5) is 0 Å². The van der Waals surface area contributed by atoms with Gasteiger partial charge in [0.25, 0.3) is 0 Å². The molecule has 106 valence electrons. The Morgan fingerprint density at radius 2 is 1.89 bits per heavy atom. The van der Waals surface area contributed by atoms with E-state index in [-0.39, 0.29) is 0 Å². The molecule has 0 aromatic heterocycles. The smallest absolute Gasteiger partial charge is 0.0236 e. The topological polar surface area (TPSA) is 15.3 Å². The van der Waals surface area contributed by atoms with E-state index in [9.17, 15) is 0 Å². The number of rotatable bonds is 5. The Balaban J connectivity index is 1.97. The fourth-order valence-corrected chi connectivity index (χ4v) is 3.05. The molecule has 1 N–H and O–H groups in total. The maximum absolute atomic E-state index is 3.68. The van der Waals surface area contributed by atoms with Gasteiger partial charge in [0.1, 0.15) is 0 Å². The van der Waals surface area contributed by atoms with E-state index >= 15 is 0 Å². The Hall–Kier alpha value is -0.860. The number of hydrogen-bond donors (Lipinski definition) is 1. The predicted octanol–water partition coefficient (Wildman–Crippen LogP) is 3.08. The van der Waals surface area contributed by atoms with Gasteiger partial charge < -0.3 is 5.32 Å². The van der Waals surface area contributed by atoms with Crippen molar-refractivity contribution >= 4 is 0 Å². The van der Waals surface area contributed by atoms with E-state index in [1.165, 1.54) is 31.5 Å². The highest BCUT2D eigenvalue weighted by Gasteiger charge is 2.31. The largest absolute Gasteiger partial charge is 0.311 e. The summed E-state index contributed by atoms with van der Waals surface area (Å²) >= 11 is 0. The molecule has 1 heterocycles. The third-order valence-corrected chi connectivity index (χ3v) is 4.87. The van der Waals surface area contributed by atoms with E-state index in [0.717, 1.165) is 13.0 Å².